The Labute approximate surface area is 120 Å². The van der Waals surface area contributed by atoms with Gasteiger partial charge in [-0.25, -0.2) is 0 Å². The van der Waals surface area contributed by atoms with E-state index < -0.39 is 23.8 Å². The molecule has 1 aliphatic heterocycles. The van der Waals surface area contributed by atoms with E-state index in [4.69, 9.17) is 5.11 Å². The Morgan fingerprint density at radius 3 is 2.29 bits per heavy atom. The van der Waals surface area contributed by atoms with Gasteiger partial charge >= 0.3 is 12.1 Å². The average molecular weight is 302 g/mol. The van der Waals surface area contributed by atoms with E-state index in [2.05, 4.69) is 0 Å². The van der Waals surface area contributed by atoms with Crippen molar-refractivity contribution in [3.05, 3.63) is 29.8 Å². The zero-order valence-electron chi connectivity index (χ0n) is 11.6. The fourth-order valence-corrected chi connectivity index (χ4v) is 2.50. The van der Waals surface area contributed by atoms with Crippen molar-refractivity contribution in [1.29, 1.82) is 0 Å². The lowest BCUT2D eigenvalue weighted by atomic mass is 10.1. The van der Waals surface area contributed by atoms with Crippen molar-refractivity contribution < 1.29 is 23.1 Å². The molecule has 1 aromatic carbocycles. The van der Waals surface area contributed by atoms with Crippen LogP contribution in [0.5, 0.6) is 0 Å². The molecule has 21 heavy (non-hydrogen) atoms. The van der Waals surface area contributed by atoms with Gasteiger partial charge in [0.15, 0.2) is 0 Å². The Morgan fingerprint density at radius 2 is 1.76 bits per heavy atom. The van der Waals surface area contributed by atoms with Gasteiger partial charge in [0.25, 0.3) is 0 Å². The Balaban J connectivity index is 2.11. The number of carboxylic acid groups (broad SMARTS) is 1. The van der Waals surface area contributed by atoms with E-state index in [0.29, 0.717) is 26.2 Å². The first-order chi connectivity index (χ1) is 9.80. The molecule has 0 aromatic heterocycles. The lowest BCUT2D eigenvalue weighted by Crippen LogP contribution is -2.52. The molecule has 1 atom stereocenters. The summed E-state index contributed by atoms with van der Waals surface area (Å²) in [7, 11) is 0. The zero-order valence-corrected chi connectivity index (χ0v) is 11.6. The number of carbonyl (C=O) groups is 1. The second kappa shape index (κ2) is 5.93. The van der Waals surface area contributed by atoms with Crippen LogP contribution in [0.15, 0.2) is 24.3 Å². The van der Waals surface area contributed by atoms with Crippen LogP contribution in [0.3, 0.4) is 0 Å². The predicted octanol–water partition coefficient (Wildman–Crippen LogP) is 2.30. The number of nitrogens with zero attached hydrogens (tertiary/aromatic N) is 2. The van der Waals surface area contributed by atoms with Gasteiger partial charge in [-0.2, -0.15) is 13.2 Å². The van der Waals surface area contributed by atoms with Gasteiger partial charge in [-0.05, 0) is 19.1 Å². The van der Waals surface area contributed by atoms with Crippen molar-refractivity contribution in [2.45, 2.75) is 19.1 Å². The summed E-state index contributed by atoms with van der Waals surface area (Å²) in [4.78, 5) is 14.4. The van der Waals surface area contributed by atoms with Crippen LogP contribution in [-0.4, -0.2) is 48.2 Å². The SMILES string of the molecule is CC(C(=O)O)N1CCN(c2ccccc2C(F)(F)F)CC1. The maximum Gasteiger partial charge on any atom is 0.418 e. The van der Waals surface area contributed by atoms with Gasteiger partial charge in [-0.1, -0.05) is 12.1 Å². The van der Waals surface area contributed by atoms with Gasteiger partial charge in [-0.15, -0.1) is 0 Å². The van der Waals surface area contributed by atoms with Crippen molar-refractivity contribution >= 4 is 11.7 Å². The minimum Gasteiger partial charge on any atom is -0.480 e. The molecular weight excluding hydrogens is 285 g/mol. The number of halogens is 3. The van der Waals surface area contributed by atoms with Crippen molar-refractivity contribution in [2.75, 3.05) is 31.1 Å². The molecule has 116 valence electrons. The van der Waals surface area contributed by atoms with Crippen LogP contribution in [0.1, 0.15) is 12.5 Å². The van der Waals surface area contributed by atoms with E-state index >= 15 is 0 Å². The molecule has 0 bridgehead atoms. The number of aliphatic carboxylic acids is 1. The van der Waals surface area contributed by atoms with E-state index in [1.165, 1.54) is 12.1 Å². The summed E-state index contributed by atoms with van der Waals surface area (Å²) in [5.41, 5.74) is -0.489. The third-order valence-electron chi connectivity index (χ3n) is 3.77. The monoisotopic (exact) mass is 302 g/mol. The van der Waals surface area contributed by atoms with Gasteiger partial charge in [0.2, 0.25) is 0 Å². The summed E-state index contributed by atoms with van der Waals surface area (Å²) >= 11 is 0. The lowest BCUT2D eigenvalue weighted by molar-refractivity contribution is -0.142. The van der Waals surface area contributed by atoms with Crippen molar-refractivity contribution in [3.8, 4) is 0 Å². The van der Waals surface area contributed by atoms with E-state index in [9.17, 15) is 18.0 Å². The molecule has 1 N–H and O–H groups in total. The van der Waals surface area contributed by atoms with Crippen LogP contribution in [0.2, 0.25) is 0 Å². The van der Waals surface area contributed by atoms with Crippen LogP contribution in [0, 0.1) is 0 Å². The van der Waals surface area contributed by atoms with Gasteiger partial charge < -0.3 is 10.0 Å². The molecule has 1 saturated heterocycles. The number of alkyl halides is 3. The topological polar surface area (TPSA) is 43.8 Å². The highest BCUT2D eigenvalue weighted by Crippen LogP contribution is 2.36. The summed E-state index contributed by atoms with van der Waals surface area (Å²) < 4.78 is 39.0. The second-order valence-corrected chi connectivity index (χ2v) is 5.05. The van der Waals surface area contributed by atoms with Crippen molar-refractivity contribution in [3.63, 3.8) is 0 Å². The summed E-state index contributed by atoms with van der Waals surface area (Å²) in [6.07, 6.45) is -4.39. The van der Waals surface area contributed by atoms with E-state index in [0.717, 1.165) is 6.07 Å². The van der Waals surface area contributed by atoms with Crippen LogP contribution in [-0.2, 0) is 11.0 Å². The predicted molar refractivity (Wildman–Crippen MR) is 72.3 cm³/mol. The maximum atomic E-state index is 13.0. The molecule has 0 aliphatic carbocycles. The summed E-state index contributed by atoms with van der Waals surface area (Å²) in [6.45, 7) is 3.20. The highest BCUT2D eigenvalue weighted by atomic mass is 19.4. The van der Waals surface area contributed by atoms with Crippen LogP contribution >= 0.6 is 0 Å². The molecule has 0 saturated carbocycles. The van der Waals surface area contributed by atoms with Crippen LogP contribution < -0.4 is 4.90 Å². The first kappa shape index (κ1) is 15.6. The largest absolute Gasteiger partial charge is 0.480 e. The summed E-state index contributed by atoms with van der Waals surface area (Å²) in [5.74, 6) is -0.917. The van der Waals surface area contributed by atoms with Crippen LogP contribution in [0.25, 0.3) is 0 Å². The van der Waals surface area contributed by atoms with Gasteiger partial charge in [-0.3, -0.25) is 9.69 Å². The van der Waals surface area contributed by atoms with Crippen molar-refractivity contribution in [1.82, 2.24) is 4.90 Å². The smallest absolute Gasteiger partial charge is 0.418 e. The normalized spacial score (nSPS) is 18.6. The fraction of sp³-hybridized carbons (Fsp3) is 0.500. The van der Waals surface area contributed by atoms with Gasteiger partial charge in [0.1, 0.15) is 6.04 Å². The Hall–Kier alpha value is -1.76. The number of hydrogen-bond donors (Lipinski definition) is 1. The molecule has 7 heteroatoms. The number of benzene rings is 1. The zero-order chi connectivity index (χ0) is 15.6. The number of hydrogen-bond acceptors (Lipinski definition) is 3. The first-order valence-electron chi connectivity index (χ1n) is 6.68. The van der Waals surface area contributed by atoms with Crippen LogP contribution in [0.4, 0.5) is 18.9 Å². The Kier molecular flexibility index (Phi) is 4.41. The summed E-state index contributed by atoms with van der Waals surface area (Å²) in [6, 6.07) is 4.86. The molecule has 0 radical (unpaired) electrons. The number of carboxylic acids is 1. The third-order valence-corrected chi connectivity index (χ3v) is 3.77. The Bertz CT molecular complexity index is 511. The standard InChI is InChI=1S/C14H17F3N2O2/c1-10(13(20)21)18-6-8-19(9-7-18)12-5-3-2-4-11(12)14(15,16)17/h2-5,10H,6-9H2,1H3,(H,20,21). The average Bonchev–Trinajstić information content (AvgIpc) is 2.45. The fourth-order valence-electron chi connectivity index (χ4n) is 2.50. The molecule has 4 nitrogen and oxygen atoms in total. The number of anilines is 1. The molecule has 0 amide bonds. The van der Waals surface area contributed by atoms with E-state index in [-0.39, 0.29) is 5.69 Å². The van der Waals surface area contributed by atoms with E-state index in [1.54, 1.807) is 22.8 Å². The molecule has 1 heterocycles. The van der Waals surface area contributed by atoms with Gasteiger partial charge in [0, 0.05) is 31.9 Å². The van der Waals surface area contributed by atoms with Gasteiger partial charge in [0.05, 0.1) is 5.56 Å². The minimum absolute atomic E-state index is 0.160. The molecule has 1 fully saturated rings. The first-order valence-corrected chi connectivity index (χ1v) is 6.68. The highest BCUT2D eigenvalue weighted by molar-refractivity contribution is 5.73. The quantitative estimate of drug-likeness (QED) is 0.930. The lowest BCUT2D eigenvalue weighted by Gasteiger charge is -2.38. The molecule has 1 aliphatic rings. The highest BCUT2D eigenvalue weighted by Gasteiger charge is 2.35. The maximum absolute atomic E-state index is 13.0. The van der Waals surface area contributed by atoms with E-state index in [1.807, 2.05) is 0 Å². The molecule has 1 aromatic rings. The molecular formula is C14H17F3N2O2. The molecule has 1 unspecified atom stereocenters. The van der Waals surface area contributed by atoms with Crippen molar-refractivity contribution in [2.24, 2.45) is 0 Å². The second-order valence-electron chi connectivity index (χ2n) is 5.05. The molecule has 0 spiro atoms. The summed E-state index contributed by atoms with van der Waals surface area (Å²) in [5, 5.41) is 8.96. The number of piperazine rings is 1. The third kappa shape index (κ3) is 3.47. The Morgan fingerprint density at radius 1 is 1.19 bits per heavy atom. The number of rotatable bonds is 3. The minimum atomic E-state index is -4.39. The number of para-hydroxylation sites is 1. The molecule has 2 rings (SSSR count).